The summed E-state index contributed by atoms with van der Waals surface area (Å²) in [6, 6.07) is 4.64. The zero-order chi connectivity index (χ0) is 14.9. The van der Waals surface area contributed by atoms with Gasteiger partial charge in [0.15, 0.2) is 0 Å². The lowest BCUT2D eigenvalue weighted by Gasteiger charge is -2.14. The summed E-state index contributed by atoms with van der Waals surface area (Å²) in [6.45, 7) is 3.54. The first-order chi connectivity index (χ1) is 9.41. The summed E-state index contributed by atoms with van der Waals surface area (Å²) in [4.78, 5) is 11.5. The van der Waals surface area contributed by atoms with Crippen molar-refractivity contribution in [2.24, 2.45) is 0 Å². The number of aliphatic hydroxyl groups excluding tert-OH is 1. The van der Waals surface area contributed by atoms with Gasteiger partial charge in [0.05, 0.1) is 6.10 Å². The Hall–Kier alpha value is -1.11. The van der Waals surface area contributed by atoms with Crippen LogP contribution in [0.3, 0.4) is 0 Å². The monoisotopic (exact) mass is 314 g/mol. The lowest BCUT2D eigenvalue weighted by molar-refractivity contribution is 0.0701. The maximum absolute atomic E-state index is 14.0. The number of hydrogen-bond acceptors (Lipinski definition) is 4. The van der Waals surface area contributed by atoms with E-state index < -0.39 is 17.9 Å². The summed E-state index contributed by atoms with van der Waals surface area (Å²) in [5.41, 5.74) is 0.508. The van der Waals surface area contributed by atoms with Gasteiger partial charge in [-0.2, -0.15) is 11.8 Å². The number of aliphatic hydroxyl groups is 1. The topological polar surface area (TPSA) is 57.5 Å². The minimum Gasteiger partial charge on any atom is -0.477 e. The summed E-state index contributed by atoms with van der Waals surface area (Å²) in [7, 11) is 0. The zero-order valence-corrected chi connectivity index (χ0v) is 12.7. The van der Waals surface area contributed by atoms with E-state index in [0.717, 1.165) is 11.3 Å². The summed E-state index contributed by atoms with van der Waals surface area (Å²) in [6.07, 6.45) is -0.497. The van der Waals surface area contributed by atoms with Crippen molar-refractivity contribution in [1.29, 1.82) is 0 Å². The van der Waals surface area contributed by atoms with Gasteiger partial charge in [0.1, 0.15) is 10.7 Å². The van der Waals surface area contributed by atoms with E-state index in [1.807, 2.05) is 6.92 Å². The molecule has 1 aromatic carbocycles. The first-order valence-corrected chi connectivity index (χ1v) is 8.01. The van der Waals surface area contributed by atoms with Gasteiger partial charge in [0.25, 0.3) is 0 Å². The molecule has 0 saturated heterocycles. The quantitative estimate of drug-likeness (QED) is 0.882. The second-order valence-electron chi connectivity index (χ2n) is 4.58. The lowest BCUT2D eigenvalue weighted by atomic mass is 10.1. The Morgan fingerprint density at radius 1 is 1.45 bits per heavy atom. The Morgan fingerprint density at radius 2 is 2.15 bits per heavy atom. The number of carboxylic acid groups (broad SMARTS) is 1. The Kier molecular flexibility index (Phi) is 4.67. The normalized spacial score (nSPS) is 14.4. The lowest BCUT2D eigenvalue weighted by Crippen LogP contribution is -2.15. The van der Waals surface area contributed by atoms with Crippen LogP contribution in [-0.4, -0.2) is 27.5 Å². The van der Waals surface area contributed by atoms with Crippen LogP contribution in [0.1, 0.15) is 29.1 Å². The van der Waals surface area contributed by atoms with Crippen molar-refractivity contribution >= 4 is 39.2 Å². The number of halogens is 1. The standard InChI is InChI=1S/C14H15FO3S2/c1-7(16)8(2)19-6-9-12-10(15)4-3-5-11(12)20-13(9)14(17)18/h3-5,7-8,16H,6H2,1-2H3,(H,17,18). The van der Waals surface area contributed by atoms with Crippen LogP contribution in [0.2, 0.25) is 0 Å². The molecule has 0 spiro atoms. The van der Waals surface area contributed by atoms with E-state index in [1.54, 1.807) is 19.1 Å². The van der Waals surface area contributed by atoms with Gasteiger partial charge < -0.3 is 10.2 Å². The number of thiophene rings is 1. The first kappa shape index (κ1) is 15.3. The van der Waals surface area contributed by atoms with Crippen LogP contribution in [0.15, 0.2) is 18.2 Å². The molecule has 0 fully saturated rings. The largest absolute Gasteiger partial charge is 0.477 e. The molecule has 2 atom stereocenters. The molecule has 1 heterocycles. The average molecular weight is 314 g/mol. The van der Waals surface area contributed by atoms with Crippen molar-refractivity contribution in [1.82, 2.24) is 0 Å². The van der Waals surface area contributed by atoms with Crippen LogP contribution >= 0.6 is 23.1 Å². The molecule has 0 aliphatic carbocycles. The predicted molar refractivity (Wildman–Crippen MR) is 81.2 cm³/mol. The van der Waals surface area contributed by atoms with Crippen molar-refractivity contribution in [3.05, 3.63) is 34.5 Å². The highest BCUT2D eigenvalue weighted by molar-refractivity contribution is 7.99. The summed E-state index contributed by atoms with van der Waals surface area (Å²) in [5, 5.41) is 19.1. The predicted octanol–water partition coefficient (Wildman–Crippen LogP) is 3.74. The second-order valence-corrected chi connectivity index (χ2v) is 7.00. The molecule has 2 aromatic rings. The Labute approximate surface area is 124 Å². The van der Waals surface area contributed by atoms with E-state index in [2.05, 4.69) is 0 Å². The number of fused-ring (bicyclic) bond motifs is 1. The van der Waals surface area contributed by atoms with Crippen molar-refractivity contribution in [2.75, 3.05) is 0 Å². The summed E-state index contributed by atoms with van der Waals surface area (Å²) in [5.74, 6) is -1.06. The first-order valence-electron chi connectivity index (χ1n) is 6.14. The Bertz CT molecular complexity index is 637. The molecular formula is C14H15FO3S2. The fourth-order valence-corrected chi connectivity index (χ4v) is 3.99. The number of carbonyl (C=O) groups is 1. The summed E-state index contributed by atoms with van der Waals surface area (Å²) >= 11 is 2.51. The molecular weight excluding hydrogens is 299 g/mol. The fraction of sp³-hybridized carbons (Fsp3) is 0.357. The van der Waals surface area contributed by atoms with Crippen LogP contribution in [-0.2, 0) is 5.75 Å². The van der Waals surface area contributed by atoms with Crippen LogP contribution in [0.4, 0.5) is 4.39 Å². The molecule has 0 bridgehead atoms. The van der Waals surface area contributed by atoms with E-state index in [1.165, 1.54) is 17.8 Å². The molecule has 108 valence electrons. The molecule has 2 N–H and O–H groups in total. The van der Waals surface area contributed by atoms with Crippen LogP contribution < -0.4 is 0 Å². The van der Waals surface area contributed by atoms with Gasteiger partial charge in [-0.25, -0.2) is 9.18 Å². The third-order valence-electron chi connectivity index (χ3n) is 3.13. The molecule has 0 saturated carbocycles. The average Bonchev–Trinajstić information content (AvgIpc) is 2.76. The van der Waals surface area contributed by atoms with Crippen molar-refractivity contribution in [2.45, 2.75) is 31.0 Å². The van der Waals surface area contributed by atoms with Crippen molar-refractivity contribution in [3.8, 4) is 0 Å². The number of rotatable bonds is 5. The van der Waals surface area contributed by atoms with E-state index in [4.69, 9.17) is 0 Å². The van der Waals surface area contributed by atoms with E-state index in [9.17, 15) is 19.4 Å². The molecule has 3 nitrogen and oxygen atoms in total. The van der Waals surface area contributed by atoms with Gasteiger partial charge in [0, 0.05) is 21.1 Å². The fourth-order valence-electron chi connectivity index (χ4n) is 1.83. The third kappa shape index (κ3) is 2.97. The van der Waals surface area contributed by atoms with E-state index >= 15 is 0 Å². The number of thioether (sulfide) groups is 1. The van der Waals surface area contributed by atoms with Gasteiger partial charge in [-0.3, -0.25) is 0 Å². The smallest absolute Gasteiger partial charge is 0.346 e. The van der Waals surface area contributed by atoms with Gasteiger partial charge in [-0.05, 0) is 24.6 Å². The molecule has 6 heteroatoms. The van der Waals surface area contributed by atoms with Gasteiger partial charge in [-0.15, -0.1) is 11.3 Å². The number of benzene rings is 1. The van der Waals surface area contributed by atoms with Crippen LogP contribution in [0, 0.1) is 5.82 Å². The number of carboxylic acids is 1. The maximum atomic E-state index is 14.0. The molecule has 2 rings (SSSR count). The minimum absolute atomic E-state index is 0.0432. The SMILES string of the molecule is CC(O)C(C)SCc1c(C(=O)O)sc2cccc(F)c12. The number of aromatic carboxylic acids is 1. The molecule has 1 aromatic heterocycles. The molecule has 0 amide bonds. The third-order valence-corrected chi connectivity index (χ3v) is 5.69. The Balaban J connectivity index is 2.43. The molecule has 20 heavy (non-hydrogen) atoms. The highest BCUT2D eigenvalue weighted by Crippen LogP contribution is 2.36. The van der Waals surface area contributed by atoms with Crippen LogP contribution in [0.25, 0.3) is 10.1 Å². The van der Waals surface area contributed by atoms with Gasteiger partial charge in [0.2, 0.25) is 0 Å². The number of hydrogen-bond donors (Lipinski definition) is 2. The van der Waals surface area contributed by atoms with E-state index in [0.29, 0.717) is 21.4 Å². The summed E-state index contributed by atoms with van der Waals surface area (Å²) < 4.78 is 14.6. The van der Waals surface area contributed by atoms with Crippen molar-refractivity contribution in [3.63, 3.8) is 0 Å². The maximum Gasteiger partial charge on any atom is 0.346 e. The molecule has 0 aliphatic rings. The minimum atomic E-state index is -1.04. The molecule has 2 unspecified atom stereocenters. The zero-order valence-electron chi connectivity index (χ0n) is 11.1. The highest BCUT2D eigenvalue weighted by atomic mass is 32.2. The molecule has 0 aliphatic heterocycles. The second kappa shape index (κ2) is 6.11. The molecule has 0 radical (unpaired) electrons. The highest BCUT2D eigenvalue weighted by Gasteiger charge is 2.21. The van der Waals surface area contributed by atoms with E-state index in [-0.39, 0.29) is 10.1 Å². The van der Waals surface area contributed by atoms with Crippen molar-refractivity contribution < 1.29 is 19.4 Å². The van der Waals surface area contributed by atoms with Crippen LogP contribution in [0.5, 0.6) is 0 Å². The Morgan fingerprint density at radius 3 is 2.75 bits per heavy atom. The van der Waals surface area contributed by atoms with Gasteiger partial charge >= 0.3 is 5.97 Å². The van der Waals surface area contributed by atoms with Gasteiger partial charge in [-0.1, -0.05) is 13.0 Å².